The number of rotatable bonds is 6. The number of H-pyrrole nitrogens is 1. The third-order valence-corrected chi connectivity index (χ3v) is 4.83. The average Bonchev–Trinajstić information content (AvgIpc) is 3.27. The molecule has 0 aliphatic heterocycles. The van der Waals surface area contributed by atoms with Crippen molar-refractivity contribution in [2.24, 2.45) is 5.73 Å². The molecular formula is C24H18N6O2. The highest BCUT2D eigenvalue weighted by Gasteiger charge is 2.12. The molecule has 0 aliphatic rings. The van der Waals surface area contributed by atoms with Gasteiger partial charge in [0.25, 0.3) is 0 Å². The molecule has 32 heavy (non-hydrogen) atoms. The van der Waals surface area contributed by atoms with Gasteiger partial charge in [0.2, 0.25) is 5.91 Å². The van der Waals surface area contributed by atoms with E-state index in [4.69, 9.17) is 10.5 Å². The number of carbonyl (C=O) groups is 1. The van der Waals surface area contributed by atoms with Gasteiger partial charge in [-0.25, -0.2) is 15.0 Å². The monoisotopic (exact) mass is 422 g/mol. The summed E-state index contributed by atoms with van der Waals surface area (Å²) >= 11 is 0. The highest BCUT2D eigenvalue weighted by atomic mass is 16.5. The van der Waals surface area contributed by atoms with Gasteiger partial charge in [-0.05, 0) is 48.5 Å². The van der Waals surface area contributed by atoms with Crippen molar-refractivity contribution >= 4 is 28.6 Å². The molecule has 4 N–H and O–H groups in total. The fraction of sp³-hybridized carbons (Fsp3) is 0. The van der Waals surface area contributed by atoms with Crippen molar-refractivity contribution in [3.8, 4) is 22.9 Å². The third kappa shape index (κ3) is 3.97. The minimum absolute atomic E-state index is 0.437. The van der Waals surface area contributed by atoms with E-state index < -0.39 is 5.91 Å². The normalized spacial score (nSPS) is 10.8. The Kier molecular flexibility index (Phi) is 4.93. The molecule has 5 aromatic rings. The summed E-state index contributed by atoms with van der Waals surface area (Å²) in [6.45, 7) is 0. The van der Waals surface area contributed by atoms with Crippen molar-refractivity contribution in [2.45, 2.75) is 0 Å². The number of para-hydroxylation sites is 1. The Balaban J connectivity index is 1.38. The molecule has 8 nitrogen and oxygen atoms in total. The molecule has 0 radical (unpaired) electrons. The molecule has 1 amide bonds. The smallest absolute Gasteiger partial charge is 0.248 e. The second-order valence-corrected chi connectivity index (χ2v) is 7.01. The molecule has 0 fully saturated rings. The molecular weight excluding hydrogens is 404 g/mol. The van der Waals surface area contributed by atoms with E-state index in [1.165, 1.54) is 6.33 Å². The third-order valence-electron chi connectivity index (χ3n) is 4.83. The molecule has 0 unspecified atom stereocenters. The van der Waals surface area contributed by atoms with E-state index >= 15 is 0 Å². The zero-order chi connectivity index (χ0) is 21.9. The van der Waals surface area contributed by atoms with Gasteiger partial charge in [-0.1, -0.05) is 30.3 Å². The van der Waals surface area contributed by atoms with Gasteiger partial charge >= 0.3 is 0 Å². The molecule has 8 heteroatoms. The Morgan fingerprint density at radius 2 is 1.59 bits per heavy atom. The van der Waals surface area contributed by atoms with Gasteiger partial charge in [-0.2, -0.15) is 0 Å². The van der Waals surface area contributed by atoms with E-state index in [0.717, 1.165) is 22.7 Å². The van der Waals surface area contributed by atoms with Crippen LogP contribution in [0.15, 0.2) is 85.2 Å². The average molecular weight is 422 g/mol. The number of nitrogens with one attached hydrogen (secondary N) is 2. The second kappa shape index (κ2) is 8.19. The number of benzene rings is 3. The van der Waals surface area contributed by atoms with Gasteiger partial charge in [-0.15, -0.1) is 0 Å². The molecule has 0 aliphatic carbocycles. The van der Waals surface area contributed by atoms with E-state index in [1.807, 2.05) is 54.6 Å². The van der Waals surface area contributed by atoms with Gasteiger partial charge in [-0.3, -0.25) is 4.79 Å². The zero-order valence-corrected chi connectivity index (χ0v) is 16.8. The second-order valence-electron chi connectivity index (χ2n) is 7.01. The van der Waals surface area contributed by atoms with Crippen LogP contribution in [0.25, 0.3) is 22.6 Å². The van der Waals surface area contributed by atoms with Crippen LogP contribution in [-0.2, 0) is 0 Å². The minimum Gasteiger partial charge on any atom is -0.457 e. The molecule has 3 aromatic carbocycles. The van der Waals surface area contributed by atoms with Crippen LogP contribution >= 0.6 is 0 Å². The largest absolute Gasteiger partial charge is 0.457 e. The highest BCUT2D eigenvalue weighted by Crippen LogP contribution is 2.27. The van der Waals surface area contributed by atoms with Crippen LogP contribution in [0.4, 0.5) is 11.5 Å². The summed E-state index contributed by atoms with van der Waals surface area (Å²) in [4.78, 5) is 27.7. The highest BCUT2D eigenvalue weighted by molar-refractivity contribution is 5.93. The number of imidazole rings is 1. The summed E-state index contributed by atoms with van der Waals surface area (Å²) in [6.07, 6.45) is 1.46. The van der Waals surface area contributed by atoms with E-state index in [-0.39, 0.29) is 0 Å². The lowest BCUT2D eigenvalue weighted by atomic mass is 10.1. The van der Waals surface area contributed by atoms with Crippen LogP contribution in [-0.4, -0.2) is 25.8 Å². The van der Waals surface area contributed by atoms with Crippen LogP contribution in [0.3, 0.4) is 0 Å². The molecule has 5 rings (SSSR count). The summed E-state index contributed by atoms with van der Waals surface area (Å²) in [5.41, 5.74) is 8.59. The SMILES string of the molecule is NC(=O)c1ccc(-c2nc3ncnc(Nc4ccc(Oc5ccccc5)cc4)c3[nH]2)cc1. The van der Waals surface area contributed by atoms with Crippen molar-refractivity contribution in [3.05, 3.63) is 90.8 Å². The van der Waals surface area contributed by atoms with E-state index in [0.29, 0.717) is 28.4 Å². The summed E-state index contributed by atoms with van der Waals surface area (Å²) in [5, 5.41) is 3.29. The van der Waals surface area contributed by atoms with Crippen molar-refractivity contribution in [2.75, 3.05) is 5.32 Å². The lowest BCUT2D eigenvalue weighted by Gasteiger charge is -2.08. The number of nitrogens with two attached hydrogens (primary N) is 1. The maximum atomic E-state index is 11.3. The first-order valence-electron chi connectivity index (χ1n) is 9.87. The van der Waals surface area contributed by atoms with Crippen molar-refractivity contribution in [1.29, 1.82) is 0 Å². The summed E-state index contributed by atoms with van der Waals surface area (Å²) in [5.74, 6) is 2.25. The number of ether oxygens (including phenoxy) is 1. The van der Waals surface area contributed by atoms with E-state index in [1.54, 1.807) is 24.3 Å². The topological polar surface area (TPSA) is 119 Å². The van der Waals surface area contributed by atoms with Crippen LogP contribution in [0.5, 0.6) is 11.5 Å². The first-order chi connectivity index (χ1) is 15.7. The van der Waals surface area contributed by atoms with Crippen LogP contribution < -0.4 is 15.8 Å². The maximum Gasteiger partial charge on any atom is 0.248 e. The predicted octanol–water partition coefficient (Wildman–Crippen LogP) is 4.65. The Bertz CT molecular complexity index is 1380. The summed E-state index contributed by atoms with van der Waals surface area (Å²) < 4.78 is 5.83. The van der Waals surface area contributed by atoms with E-state index in [2.05, 4.69) is 25.3 Å². The molecule has 0 saturated heterocycles. The standard InChI is InChI=1S/C24H18N6O2/c25-21(31)15-6-8-16(9-7-15)22-29-20-23(26-14-27-24(20)30-22)28-17-10-12-19(13-11-17)32-18-4-2-1-3-5-18/h1-14H,(H2,25,31)(H2,26,27,28,29,30). The molecule has 2 heterocycles. The number of aromatic amines is 1. The Morgan fingerprint density at radius 3 is 2.31 bits per heavy atom. The number of hydrogen-bond acceptors (Lipinski definition) is 6. The molecule has 156 valence electrons. The van der Waals surface area contributed by atoms with E-state index in [9.17, 15) is 4.79 Å². The Labute approximate surface area is 183 Å². The Hall–Kier alpha value is -4.72. The number of primary amides is 1. The first kappa shape index (κ1) is 19.3. The molecule has 0 saturated carbocycles. The van der Waals surface area contributed by atoms with Gasteiger partial charge in [0.1, 0.15) is 29.2 Å². The molecule has 0 atom stereocenters. The van der Waals surface area contributed by atoms with Gasteiger partial charge in [0.15, 0.2) is 11.5 Å². The van der Waals surface area contributed by atoms with Gasteiger partial charge < -0.3 is 20.8 Å². The molecule has 2 aromatic heterocycles. The fourth-order valence-electron chi connectivity index (χ4n) is 3.22. The van der Waals surface area contributed by atoms with Crippen molar-refractivity contribution in [1.82, 2.24) is 19.9 Å². The number of aromatic nitrogens is 4. The fourth-order valence-corrected chi connectivity index (χ4v) is 3.22. The number of nitrogens with zero attached hydrogens (tertiary/aromatic N) is 3. The summed E-state index contributed by atoms with van der Waals surface area (Å²) in [6, 6.07) is 24.1. The van der Waals surface area contributed by atoms with Crippen LogP contribution in [0.1, 0.15) is 10.4 Å². The number of carbonyl (C=O) groups excluding carboxylic acids is 1. The molecule has 0 spiro atoms. The number of anilines is 2. The predicted molar refractivity (Wildman–Crippen MR) is 122 cm³/mol. The van der Waals surface area contributed by atoms with Crippen molar-refractivity contribution < 1.29 is 9.53 Å². The van der Waals surface area contributed by atoms with Gasteiger partial charge in [0.05, 0.1) is 0 Å². The van der Waals surface area contributed by atoms with Crippen molar-refractivity contribution in [3.63, 3.8) is 0 Å². The maximum absolute atomic E-state index is 11.3. The Morgan fingerprint density at radius 1 is 0.875 bits per heavy atom. The van der Waals surface area contributed by atoms with Gasteiger partial charge in [0, 0.05) is 16.8 Å². The molecule has 0 bridgehead atoms. The lowest BCUT2D eigenvalue weighted by Crippen LogP contribution is -2.10. The number of amides is 1. The quantitative estimate of drug-likeness (QED) is 0.366. The number of fused-ring (bicyclic) bond motifs is 1. The van der Waals surface area contributed by atoms with Crippen LogP contribution in [0, 0.1) is 0 Å². The number of hydrogen-bond donors (Lipinski definition) is 3. The minimum atomic E-state index is -0.473. The first-order valence-corrected chi connectivity index (χ1v) is 9.87. The zero-order valence-electron chi connectivity index (χ0n) is 16.8. The summed E-state index contributed by atoms with van der Waals surface area (Å²) in [7, 11) is 0. The lowest BCUT2D eigenvalue weighted by molar-refractivity contribution is 0.100. The van der Waals surface area contributed by atoms with Crippen LogP contribution in [0.2, 0.25) is 0 Å².